The molecule has 0 spiro atoms. The second-order valence-electron chi connectivity index (χ2n) is 14.7. The molecule has 316 valence electrons. The minimum atomic E-state index is -0.395. The van der Waals surface area contributed by atoms with E-state index in [9.17, 15) is 28.8 Å². The molecule has 3 N–H and O–H groups in total. The van der Waals surface area contributed by atoms with Crippen LogP contribution in [-0.2, 0) is 31.9 Å². The van der Waals surface area contributed by atoms with Crippen LogP contribution in [0.25, 0.3) is 0 Å². The highest BCUT2D eigenvalue weighted by Gasteiger charge is 2.32. The molecular weight excluding hydrogens is 860 g/mol. The standard InChI is InChI=1S/C26H21NO4.C14H9NO2.C12H13BrO2/c1-16(2)26(30)31-15-14-17-10-12-18(13-11-17)27-22-9-5-8-21-23(22)25(29)20-7-4-3-6-19(20)24(21)28;15-11-7-3-6-10-12(11)14(17)9-5-2-1-4-8(9)13(10)16;1-9(2)12(14)15-8-7-10-3-5-11(13)6-4-10/h3-13,27H,1,14-15H2,2H3;1-7H,15H2;3-6H,1,7-8H2,2H3. The van der Waals surface area contributed by atoms with E-state index in [1.807, 2.05) is 48.5 Å². The lowest BCUT2D eigenvalue weighted by Gasteiger charge is -2.20. The Hall–Kier alpha value is -7.50. The summed E-state index contributed by atoms with van der Waals surface area (Å²) in [4.78, 5) is 72.9. The zero-order chi connectivity index (χ0) is 45.2. The third-order valence-electron chi connectivity index (χ3n) is 10.0. The van der Waals surface area contributed by atoms with Crippen molar-refractivity contribution < 1.29 is 38.2 Å². The van der Waals surface area contributed by atoms with Gasteiger partial charge >= 0.3 is 11.9 Å². The molecule has 63 heavy (non-hydrogen) atoms. The zero-order valence-electron chi connectivity index (χ0n) is 34.7. The van der Waals surface area contributed by atoms with Gasteiger partial charge in [0.1, 0.15) is 0 Å². The van der Waals surface area contributed by atoms with Crippen LogP contribution in [0.15, 0.2) is 162 Å². The number of ether oxygens (including phenoxy) is 2. The van der Waals surface area contributed by atoms with Gasteiger partial charge in [-0.2, -0.15) is 0 Å². The number of carbonyl (C=O) groups is 6. The van der Waals surface area contributed by atoms with E-state index in [1.165, 1.54) is 0 Å². The molecule has 0 aromatic heterocycles. The highest BCUT2D eigenvalue weighted by Crippen LogP contribution is 2.34. The molecule has 0 atom stereocenters. The topological polar surface area (TPSA) is 159 Å². The molecule has 0 saturated carbocycles. The Labute approximate surface area is 373 Å². The van der Waals surface area contributed by atoms with Gasteiger partial charge in [0, 0.05) is 73.2 Å². The lowest BCUT2D eigenvalue weighted by atomic mass is 9.83. The minimum Gasteiger partial charge on any atom is -0.462 e. The van der Waals surface area contributed by atoms with Gasteiger partial charge in [0.2, 0.25) is 0 Å². The maximum Gasteiger partial charge on any atom is 0.333 e. The van der Waals surface area contributed by atoms with E-state index in [0.717, 1.165) is 27.7 Å². The summed E-state index contributed by atoms with van der Waals surface area (Å²) in [6, 6.07) is 39.5. The fraction of sp³-hybridized carbons (Fsp3) is 0.115. The van der Waals surface area contributed by atoms with Gasteiger partial charge in [-0.1, -0.05) is 126 Å². The van der Waals surface area contributed by atoms with Crippen LogP contribution in [0, 0.1) is 0 Å². The van der Waals surface area contributed by atoms with E-state index in [4.69, 9.17) is 15.2 Å². The van der Waals surface area contributed by atoms with Crippen molar-refractivity contribution in [1.29, 1.82) is 0 Å². The first-order chi connectivity index (χ1) is 30.2. The van der Waals surface area contributed by atoms with Crippen molar-refractivity contribution in [2.45, 2.75) is 26.7 Å². The molecule has 0 amide bonds. The van der Waals surface area contributed by atoms with Crippen molar-refractivity contribution in [3.05, 3.63) is 218 Å². The molecule has 6 aromatic carbocycles. The Bertz CT molecular complexity index is 2790. The predicted octanol–water partition coefficient (Wildman–Crippen LogP) is 10.0. The normalized spacial score (nSPS) is 11.8. The monoisotopic (exact) mass is 902 g/mol. The number of nitrogens with one attached hydrogen (secondary N) is 1. The molecule has 10 nitrogen and oxygen atoms in total. The number of carbonyl (C=O) groups excluding carboxylic acids is 6. The van der Waals surface area contributed by atoms with Gasteiger partial charge < -0.3 is 20.5 Å². The molecule has 8 rings (SSSR count). The van der Waals surface area contributed by atoms with E-state index in [-0.39, 0.29) is 35.7 Å². The van der Waals surface area contributed by atoms with E-state index in [0.29, 0.717) is 80.1 Å². The molecule has 2 aliphatic carbocycles. The summed E-state index contributed by atoms with van der Waals surface area (Å²) in [6.45, 7) is 11.0. The number of benzene rings is 6. The fourth-order valence-corrected chi connectivity index (χ4v) is 7.02. The number of ketones is 4. The molecule has 0 bridgehead atoms. The Morgan fingerprint density at radius 2 is 0.921 bits per heavy atom. The van der Waals surface area contributed by atoms with Crippen LogP contribution in [0.5, 0.6) is 0 Å². The molecule has 0 radical (unpaired) electrons. The quantitative estimate of drug-likeness (QED) is 0.0769. The van der Waals surface area contributed by atoms with Crippen LogP contribution in [0.4, 0.5) is 17.1 Å². The maximum absolute atomic E-state index is 13.1. The number of hydrogen-bond donors (Lipinski definition) is 2. The van der Waals surface area contributed by atoms with Crippen LogP contribution in [-0.4, -0.2) is 48.3 Å². The van der Waals surface area contributed by atoms with Gasteiger partial charge in [0.15, 0.2) is 23.1 Å². The fourth-order valence-electron chi connectivity index (χ4n) is 6.75. The molecular formula is C52H43BrN2O8. The number of nitrogen functional groups attached to an aromatic ring is 1. The SMILES string of the molecule is C=C(C)C(=O)OCCc1ccc(Br)cc1.C=C(C)C(=O)OCCc1ccc(Nc2cccc3c2C(=O)c2ccccc2C3=O)cc1.Nc1cccc2c1C(=O)c1ccccc1C2=O. The number of rotatable bonds is 10. The lowest BCUT2D eigenvalue weighted by molar-refractivity contribution is -0.139. The molecule has 6 aromatic rings. The van der Waals surface area contributed by atoms with Crippen molar-refractivity contribution in [2.75, 3.05) is 24.3 Å². The molecule has 11 heteroatoms. The van der Waals surface area contributed by atoms with Gasteiger partial charge in [-0.3, -0.25) is 19.2 Å². The van der Waals surface area contributed by atoms with E-state index in [2.05, 4.69) is 34.4 Å². The van der Waals surface area contributed by atoms with Crippen molar-refractivity contribution >= 4 is 68.1 Å². The largest absolute Gasteiger partial charge is 0.462 e. The van der Waals surface area contributed by atoms with Gasteiger partial charge in [0.05, 0.1) is 30.0 Å². The van der Waals surface area contributed by atoms with Crippen molar-refractivity contribution in [3.8, 4) is 0 Å². The van der Waals surface area contributed by atoms with E-state index in [1.54, 1.807) is 98.8 Å². The first-order valence-electron chi connectivity index (χ1n) is 19.9. The summed E-state index contributed by atoms with van der Waals surface area (Å²) in [5, 5.41) is 3.26. The molecule has 0 heterocycles. The number of hydrogen-bond acceptors (Lipinski definition) is 10. The summed E-state index contributed by atoms with van der Waals surface area (Å²) < 4.78 is 11.2. The van der Waals surface area contributed by atoms with Crippen LogP contribution in [0.1, 0.15) is 88.7 Å². The number of fused-ring (bicyclic) bond motifs is 4. The molecule has 0 fully saturated rings. The second kappa shape index (κ2) is 20.4. The van der Waals surface area contributed by atoms with E-state index < -0.39 is 5.97 Å². The summed E-state index contributed by atoms with van der Waals surface area (Å²) >= 11 is 3.36. The summed E-state index contributed by atoms with van der Waals surface area (Å²) in [5.41, 5.74) is 13.8. The average Bonchev–Trinajstić information content (AvgIpc) is 3.29. The van der Waals surface area contributed by atoms with Gasteiger partial charge in [-0.15, -0.1) is 0 Å². The maximum atomic E-state index is 13.1. The molecule has 0 unspecified atom stereocenters. The highest BCUT2D eigenvalue weighted by atomic mass is 79.9. The van der Waals surface area contributed by atoms with Crippen molar-refractivity contribution in [3.63, 3.8) is 0 Å². The Morgan fingerprint density at radius 3 is 1.40 bits per heavy atom. The first kappa shape index (κ1) is 45.0. The molecule has 0 aliphatic heterocycles. The Balaban J connectivity index is 0.000000174. The van der Waals surface area contributed by atoms with Gasteiger partial charge in [0.25, 0.3) is 0 Å². The van der Waals surface area contributed by atoms with E-state index >= 15 is 0 Å². The lowest BCUT2D eigenvalue weighted by Crippen LogP contribution is -2.22. The molecule has 2 aliphatic rings. The average molecular weight is 904 g/mol. The summed E-state index contributed by atoms with van der Waals surface area (Å²) in [6.07, 6.45) is 1.32. The summed E-state index contributed by atoms with van der Waals surface area (Å²) in [5.74, 6) is -1.34. The van der Waals surface area contributed by atoms with Crippen LogP contribution >= 0.6 is 15.9 Å². The minimum absolute atomic E-state index is 0.137. The van der Waals surface area contributed by atoms with Crippen molar-refractivity contribution in [2.24, 2.45) is 0 Å². The predicted molar refractivity (Wildman–Crippen MR) is 247 cm³/mol. The third-order valence-corrected chi connectivity index (χ3v) is 10.6. The van der Waals surface area contributed by atoms with Crippen LogP contribution in [0.3, 0.4) is 0 Å². The number of anilines is 3. The van der Waals surface area contributed by atoms with Gasteiger partial charge in [-0.25, -0.2) is 9.59 Å². The van der Waals surface area contributed by atoms with Crippen LogP contribution in [0.2, 0.25) is 0 Å². The molecule has 0 saturated heterocycles. The Kier molecular flexibility index (Phi) is 14.6. The third kappa shape index (κ3) is 10.7. The Morgan fingerprint density at radius 1 is 0.524 bits per heavy atom. The second-order valence-corrected chi connectivity index (χ2v) is 15.6. The summed E-state index contributed by atoms with van der Waals surface area (Å²) in [7, 11) is 0. The van der Waals surface area contributed by atoms with Crippen molar-refractivity contribution in [1.82, 2.24) is 0 Å². The highest BCUT2D eigenvalue weighted by molar-refractivity contribution is 9.10. The van der Waals surface area contributed by atoms with Crippen LogP contribution < -0.4 is 11.1 Å². The smallest absolute Gasteiger partial charge is 0.333 e. The number of nitrogens with two attached hydrogens (primary N) is 1. The number of halogens is 1. The zero-order valence-corrected chi connectivity index (χ0v) is 36.3. The number of esters is 2. The first-order valence-corrected chi connectivity index (χ1v) is 20.7. The van der Waals surface area contributed by atoms with Gasteiger partial charge in [-0.05, 0) is 61.4 Å².